The number of nitrogens with one attached hydrogen (secondary N) is 1. The van der Waals surface area contributed by atoms with Gasteiger partial charge in [-0.05, 0) is 42.9 Å². The summed E-state index contributed by atoms with van der Waals surface area (Å²) in [5.74, 6) is 1.32. The molecule has 2 rings (SSSR count). The van der Waals surface area contributed by atoms with Gasteiger partial charge in [0.15, 0.2) is 6.61 Å². The molecular formula is C17H25NO2. The molecule has 1 aliphatic rings. The highest BCUT2D eigenvalue weighted by atomic mass is 16.5. The van der Waals surface area contributed by atoms with Crippen LogP contribution >= 0.6 is 0 Å². The zero-order valence-corrected chi connectivity index (χ0v) is 12.5. The summed E-state index contributed by atoms with van der Waals surface area (Å²) >= 11 is 0. The van der Waals surface area contributed by atoms with Gasteiger partial charge in [-0.3, -0.25) is 4.79 Å². The van der Waals surface area contributed by atoms with Crippen molar-refractivity contribution in [3.63, 3.8) is 0 Å². The van der Waals surface area contributed by atoms with Crippen molar-refractivity contribution in [1.82, 2.24) is 5.32 Å². The van der Waals surface area contributed by atoms with Crippen LogP contribution in [0.1, 0.15) is 57.4 Å². The molecule has 1 saturated carbocycles. The van der Waals surface area contributed by atoms with Crippen molar-refractivity contribution in [2.24, 2.45) is 0 Å². The lowest BCUT2D eigenvalue weighted by atomic mass is 9.99. The first kappa shape index (κ1) is 14.9. The molecule has 0 bridgehead atoms. The van der Waals surface area contributed by atoms with Gasteiger partial charge in [-0.2, -0.15) is 0 Å². The standard InChI is InChI=1S/C17H25NO2/c1-3-13(2)14-8-10-16(11-9-14)20-12-17(19)18-15-6-4-5-7-15/h8-11,13,15H,3-7,12H2,1-2H3,(H,18,19). The molecule has 1 amide bonds. The molecule has 20 heavy (non-hydrogen) atoms. The van der Waals surface area contributed by atoms with Crippen molar-refractivity contribution in [2.75, 3.05) is 6.61 Å². The van der Waals surface area contributed by atoms with E-state index in [1.807, 2.05) is 12.1 Å². The fraction of sp³-hybridized carbons (Fsp3) is 0.588. The van der Waals surface area contributed by atoms with Crippen molar-refractivity contribution in [1.29, 1.82) is 0 Å². The first-order valence-electron chi connectivity index (χ1n) is 7.71. The van der Waals surface area contributed by atoms with Gasteiger partial charge in [0.1, 0.15) is 5.75 Å². The third kappa shape index (κ3) is 4.26. The maximum Gasteiger partial charge on any atom is 0.258 e. The van der Waals surface area contributed by atoms with Crippen LogP contribution in [0.5, 0.6) is 5.75 Å². The van der Waals surface area contributed by atoms with Gasteiger partial charge < -0.3 is 10.1 Å². The van der Waals surface area contributed by atoms with Crippen LogP contribution in [0.15, 0.2) is 24.3 Å². The SMILES string of the molecule is CCC(C)c1ccc(OCC(=O)NC2CCCC2)cc1. The Morgan fingerprint density at radius 1 is 1.30 bits per heavy atom. The van der Waals surface area contributed by atoms with E-state index in [0.29, 0.717) is 12.0 Å². The Morgan fingerprint density at radius 2 is 1.95 bits per heavy atom. The van der Waals surface area contributed by atoms with Gasteiger partial charge in [-0.1, -0.05) is 38.8 Å². The highest BCUT2D eigenvalue weighted by Crippen LogP contribution is 2.21. The molecule has 1 aliphatic carbocycles. The highest BCUT2D eigenvalue weighted by Gasteiger charge is 2.17. The van der Waals surface area contributed by atoms with Gasteiger partial charge in [0.25, 0.3) is 5.91 Å². The van der Waals surface area contributed by atoms with Crippen LogP contribution in [0.3, 0.4) is 0 Å². The minimum absolute atomic E-state index is 0.0112. The predicted octanol–water partition coefficient (Wildman–Crippen LogP) is 3.64. The van der Waals surface area contributed by atoms with E-state index in [1.54, 1.807) is 0 Å². The van der Waals surface area contributed by atoms with E-state index in [1.165, 1.54) is 18.4 Å². The van der Waals surface area contributed by atoms with Crippen LogP contribution in [0.4, 0.5) is 0 Å². The second-order valence-electron chi connectivity index (χ2n) is 5.72. The largest absolute Gasteiger partial charge is 0.484 e. The van der Waals surface area contributed by atoms with Crippen molar-refractivity contribution in [3.8, 4) is 5.75 Å². The summed E-state index contributed by atoms with van der Waals surface area (Å²) in [6.45, 7) is 4.51. The van der Waals surface area contributed by atoms with E-state index in [0.717, 1.165) is 25.0 Å². The molecule has 0 radical (unpaired) electrons. The smallest absolute Gasteiger partial charge is 0.258 e. The van der Waals surface area contributed by atoms with Crippen LogP contribution in [-0.4, -0.2) is 18.6 Å². The molecule has 110 valence electrons. The Labute approximate surface area is 121 Å². The van der Waals surface area contributed by atoms with Crippen molar-refractivity contribution >= 4 is 5.91 Å². The van der Waals surface area contributed by atoms with Crippen LogP contribution in [-0.2, 0) is 4.79 Å². The van der Waals surface area contributed by atoms with E-state index in [9.17, 15) is 4.79 Å². The summed E-state index contributed by atoms with van der Waals surface area (Å²) in [5.41, 5.74) is 1.32. The zero-order chi connectivity index (χ0) is 14.4. The molecule has 0 aromatic heterocycles. The zero-order valence-electron chi connectivity index (χ0n) is 12.5. The Bertz CT molecular complexity index is 421. The van der Waals surface area contributed by atoms with E-state index in [-0.39, 0.29) is 12.5 Å². The molecule has 0 spiro atoms. The predicted molar refractivity (Wildman–Crippen MR) is 81.0 cm³/mol. The molecule has 3 nitrogen and oxygen atoms in total. The molecule has 3 heteroatoms. The topological polar surface area (TPSA) is 38.3 Å². The Morgan fingerprint density at radius 3 is 2.55 bits per heavy atom. The van der Waals surface area contributed by atoms with E-state index < -0.39 is 0 Å². The fourth-order valence-corrected chi connectivity index (χ4v) is 2.62. The Balaban J connectivity index is 1.77. The number of hydrogen-bond donors (Lipinski definition) is 1. The lowest BCUT2D eigenvalue weighted by Crippen LogP contribution is -2.36. The second kappa shape index (κ2) is 7.32. The average Bonchev–Trinajstić information content (AvgIpc) is 2.97. The first-order valence-corrected chi connectivity index (χ1v) is 7.71. The summed E-state index contributed by atoms with van der Waals surface area (Å²) in [6.07, 6.45) is 5.79. The maximum atomic E-state index is 11.8. The molecule has 0 heterocycles. The third-order valence-electron chi connectivity index (χ3n) is 4.15. The number of carbonyl (C=O) groups excluding carboxylic acids is 1. The minimum Gasteiger partial charge on any atom is -0.484 e. The van der Waals surface area contributed by atoms with E-state index in [4.69, 9.17) is 4.74 Å². The van der Waals surface area contributed by atoms with Crippen LogP contribution in [0.2, 0.25) is 0 Å². The van der Waals surface area contributed by atoms with Crippen molar-refractivity contribution < 1.29 is 9.53 Å². The highest BCUT2D eigenvalue weighted by molar-refractivity contribution is 5.77. The fourth-order valence-electron chi connectivity index (χ4n) is 2.62. The lowest BCUT2D eigenvalue weighted by molar-refractivity contribution is -0.123. The van der Waals surface area contributed by atoms with Crippen molar-refractivity contribution in [3.05, 3.63) is 29.8 Å². The molecule has 1 N–H and O–H groups in total. The lowest BCUT2D eigenvalue weighted by Gasteiger charge is -2.13. The molecule has 1 fully saturated rings. The summed E-state index contributed by atoms with van der Waals surface area (Å²) < 4.78 is 5.53. The summed E-state index contributed by atoms with van der Waals surface area (Å²) in [7, 11) is 0. The van der Waals surface area contributed by atoms with Gasteiger partial charge in [0.2, 0.25) is 0 Å². The normalized spacial score (nSPS) is 16.9. The minimum atomic E-state index is -0.0112. The monoisotopic (exact) mass is 275 g/mol. The molecule has 1 unspecified atom stereocenters. The van der Waals surface area contributed by atoms with Gasteiger partial charge in [0.05, 0.1) is 0 Å². The molecule has 1 aromatic carbocycles. The molecule has 1 aromatic rings. The van der Waals surface area contributed by atoms with E-state index in [2.05, 4.69) is 31.3 Å². The summed E-state index contributed by atoms with van der Waals surface area (Å²) in [5, 5.41) is 3.02. The molecule has 1 atom stereocenters. The number of ether oxygens (including phenoxy) is 1. The number of hydrogen-bond acceptors (Lipinski definition) is 2. The number of amides is 1. The van der Waals surface area contributed by atoms with Gasteiger partial charge in [-0.15, -0.1) is 0 Å². The maximum absolute atomic E-state index is 11.8. The second-order valence-corrected chi connectivity index (χ2v) is 5.72. The van der Waals surface area contributed by atoms with Crippen molar-refractivity contribution in [2.45, 2.75) is 57.9 Å². The average molecular weight is 275 g/mol. The molecule has 0 aliphatic heterocycles. The van der Waals surface area contributed by atoms with Crippen LogP contribution in [0, 0.1) is 0 Å². The Kier molecular flexibility index (Phi) is 5.45. The quantitative estimate of drug-likeness (QED) is 0.860. The molecular weight excluding hydrogens is 250 g/mol. The molecule has 0 saturated heterocycles. The van der Waals surface area contributed by atoms with Crippen LogP contribution in [0.25, 0.3) is 0 Å². The van der Waals surface area contributed by atoms with Gasteiger partial charge in [-0.25, -0.2) is 0 Å². The van der Waals surface area contributed by atoms with E-state index >= 15 is 0 Å². The van der Waals surface area contributed by atoms with Gasteiger partial charge >= 0.3 is 0 Å². The summed E-state index contributed by atoms with van der Waals surface area (Å²) in [6, 6.07) is 8.42. The number of benzene rings is 1. The Hall–Kier alpha value is -1.51. The van der Waals surface area contributed by atoms with Crippen LogP contribution < -0.4 is 10.1 Å². The third-order valence-corrected chi connectivity index (χ3v) is 4.15. The van der Waals surface area contributed by atoms with Gasteiger partial charge in [0, 0.05) is 6.04 Å². The first-order chi connectivity index (χ1) is 9.69. The number of carbonyl (C=O) groups is 1. The number of rotatable bonds is 6. The summed E-state index contributed by atoms with van der Waals surface area (Å²) in [4.78, 5) is 11.8.